The summed E-state index contributed by atoms with van der Waals surface area (Å²) in [5.74, 6) is 0.840. The Morgan fingerprint density at radius 2 is 2.11 bits per heavy atom. The van der Waals surface area contributed by atoms with E-state index in [1.54, 1.807) is 0 Å². The summed E-state index contributed by atoms with van der Waals surface area (Å²) in [4.78, 5) is 14.9. The van der Waals surface area contributed by atoms with Crippen LogP contribution in [-0.2, 0) is 26.4 Å². The third-order valence-corrected chi connectivity index (χ3v) is 6.49. The Kier molecular flexibility index (Phi) is 5.68. The highest BCUT2D eigenvalue weighted by Crippen LogP contribution is 2.26. The molecule has 1 aromatic carbocycles. The van der Waals surface area contributed by atoms with Gasteiger partial charge in [0, 0.05) is 67.1 Å². The van der Waals surface area contributed by atoms with Gasteiger partial charge in [0.2, 0.25) is 0 Å². The summed E-state index contributed by atoms with van der Waals surface area (Å²) in [6, 6.07) is 3.78. The van der Waals surface area contributed by atoms with Crippen LogP contribution in [-0.4, -0.2) is 51.2 Å². The molecule has 1 amide bonds. The zero-order valence-electron chi connectivity index (χ0n) is 15.9. The topological polar surface area (TPSA) is 50.2 Å². The maximum atomic E-state index is 13.9. The summed E-state index contributed by atoms with van der Waals surface area (Å²) in [6.45, 7) is 1.86. The van der Waals surface area contributed by atoms with Crippen LogP contribution < -0.4 is 5.32 Å². The largest absolute Gasteiger partial charge is 0.336 e. The van der Waals surface area contributed by atoms with Gasteiger partial charge < -0.3 is 10.2 Å². The second kappa shape index (κ2) is 8.21. The maximum Gasteiger partial charge on any atom is 0.274 e. The second-order valence-electron chi connectivity index (χ2n) is 7.36. The van der Waals surface area contributed by atoms with Crippen LogP contribution in [0.25, 0.3) is 0 Å². The minimum absolute atomic E-state index is 0.0161. The van der Waals surface area contributed by atoms with Crippen molar-refractivity contribution in [2.24, 2.45) is 7.05 Å². The molecule has 8 heteroatoms. The first-order chi connectivity index (χ1) is 13.5. The lowest BCUT2D eigenvalue weighted by molar-refractivity contribution is 0.0764. The predicted octanol–water partition coefficient (Wildman–Crippen LogP) is 2.53. The van der Waals surface area contributed by atoms with Crippen LogP contribution in [0.1, 0.15) is 33.7 Å². The highest BCUT2D eigenvalue weighted by atomic mass is 32.2. The van der Waals surface area contributed by atoms with Gasteiger partial charge >= 0.3 is 0 Å². The van der Waals surface area contributed by atoms with Crippen molar-refractivity contribution in [2.75, 3.05) is 24.6 Å². The first-order valence-corrected chi connectivity index (χ1v) is 10.8. The number of nitrogens with zero attached hydrogens (tertiary/aromatic N) is 3. The van der Waals surface area contributed by atoms with Crippen LogP contribution in [0.2, 0.25) is 0 Å². The molecule has 28 heavy (non-hydrogen) atoms. The summed E-state index contributed by atoms with van der Waals surface area (Å²) >= 11 is 1.87. The monoisotopic (exact) mass is 406 g/mol. The molecule has 4 rings (SSSR count). The van der Waals surface area contributed by atoms with Crippen molar-refractivity contribution in [2.45, 2.75) is 31.8 Å². The number of fused-ring (bicyclic) bond motifs is 1. The van der Waals surface area contributed by atoms with E-state index in [0.29, 0.717) is 24.2 Å². The van der Waals surface area contributed by atoms with E-state index < -0.39 is 11.6 Å². The number of rotatable bonds is 4. The molecule has 0 spiro atoms. The van der Waals surface area contributed by atoms with Crippen molar-refractivity contribution >= 4 is 17.7 Å². The normalized spacial score (nSPS) is 19.5. The molecule has 0 bridgehead atoms. The highest BCUT2D eigenvalue weighted by molar-refractivity contribution is 7.99. The molecule has 1 aliphatic heterocycles. The molecule has 150 valence electrons. The van der Waals surface area contributed by atoms with Gasteiger partial charge in [-0.2, -0.15) is 16.9 Å². The molecule has 1 N–H and O–H groups in total. The number of halogens is 2. The molecule has 1 atom stereocenters. The summed E-state index contributed by atoms with van der Waals surface area (Å²) in [6.07, 6.45) is 2.41. The van der Waals surface area contributed by atoms with Crippen molar-refractivity contribution in [3.8, 4) is 0 Å². The van der Waals surface area contributed by atoms with Gasteiger partial charge in [0.15, 0.2) is 5.69 Å². The average Bonchev–Trinajstić information content (AvgIpc) is 3.03. The molecule has 0 radical (unpaired) electrons. The number of hydrogen-bond acceptors (Lipinski definition) is 4. The van der Waals surface area contributed by atoms with Gasteiger partial charge in [-0.25, -0.2) is 8.78 Å². The number of carbonyl (C=O) groups excluding carboxylic acids is 1. The molecule has 5 nitrogen and oxygen atoms in total. The number of carbonyl (C=O) groups is 1. The van der Waals surface area contributed by atoms with Gasteiger partial charge in [0.25, 0.3) is 5.91 Å². The molecule has 1 aliphatic carbocycles. The first-order valence-electron chi connectivity index (χ1n) is 9.62. The minimum atomic E-state index is -0.571. The first kappa shape index (κ1) is 19.4. The summed E-state index contributed by atoms with van der Waals surface area (Å²) in [7, 11) is 1.89. The van der Waals surface area contributed by atoms with Crippen molar-refractivity contribution in [1.82, 2.24) is 20.0 Å². The van der Waals surface area contributed by atoms with E-state index in [9.17, 15) is 13.6 Å². The molecular weight excluding hydrogens is 382 g/mol. The number of aromatic nitrogens is 2. The van der Waals surface area contributed by atoms with E-state index >= 15 is 0 Å². The van der Waals surface area contributed by atoms with E-state index in [0.717, 1.165) is 54.8 Å². The number of thioether (sulfide) groups is 1. The molecule has 0 saturated carbocycles. The quantitative estimate of drug-likeness (QED) is 0.848. The van der Waals surface area contributed by atoms with Crippen LogP contribution in [0.5, 0.6) is 0 Å². The molecule has 1 saturated heterocycles. The zero-order chi connectivity index (χ0) is 19.7. The standard InChI is InChI=1S/C20H24F2N4OS/c1-25-18-5-4-15(23-12-13-2-3-14(21)10-17(13)22)11-16(18)19(24-25)20(27)26-6-8-28-9-7-26/h2-3,10,15,23H,4-9,11-12H2,1H3/t15-/m0/s1. The van der Waals surface area contributed by atoms with Crippen LogP contribution in [0.4, 0.5) is 8.78 Å². The third kappa shape index (κ3) is 3.93. The molecule has 1 fully saturated rings. The third-order valence-electron chi connectivity index (χ3n) is 5.55. The predicted molar refractivity (Wildman–Crippen MR) is 105 cm³/mol. The SMILES string of the molecule is Cn1nc(C(=O)N2CCSCC2)c2c1CC[C@H](NCc1ccc(F)cc1F)C2. The lowest BCUT2D eigenvalue weighted by Gasteiger charge is -2.27. The van der Waals surface area contributed by atoms with Gasteiger partial charge in [-0.15, -0.1) is 0 Å². The summed E-state index contributed by atoms with van der Waals surface area (Å²) in [5, 5.41) is 7.90. The van der Waals surface area contributed by atoms with E-state index in [-0.39, 0.29) is 11.9 Å². The zero-order valence-corrected chi connectivity index (χ0v) is 16.7. The number of aryl methyl sites for hydroxylation is 1. The average molecular weight is 407 g/mol. The fourth-order valence-corrected chi connectivity index (χ4v) is 4.87. The van der Waals surface area contributed by atoms with E-state index in [1.807, 2.05) is 28.4 Å². The van der Waals surface area contributed by atoms with Crippen molar-refractivity contribution in [1.29, 1.82) is 0 Å². The molecular formula is C20H24F2N4OS. The van der Waals surface area contributed by atoms with Crippen molar-refractivity contribution < 1.29 is 13.6 Å². The molecule has 2 aromatic rings. The number of benzene rings is 1. The minimum Gasteiger partial charge on any atom is -0.336 e. The van der Waals surface area contributed by atoms with E-state index in [4.69, 9.17) is 0 Å². The molecule has 2 heterocycles. The van der Waals surface area contributed by atoms with Crippen molar-refractivity contribution in [3.05, 3.63) is 52.3 Å². The Hall–Kier alpha value is -1.93. The van der Waals surface area contributed by atoms with Gasteiger partial charge in [-0.05, 0) is 25.3 Å². The highest BCUT2D eigenvalue weighted by Gasteiger charge is 2.30. The molecule has 0 unspecified atom stereocenters. The number of amides is 1. The van der Waals surface area contributed by atoms with Gasteiger partial charge in [0.1, 0.15) is 11.6 Å². The number of hydrogen-bond donors (Lipinski definition) is 1. The Labute approximate surface area is 167 Å². The molecule has 1 aromatic heterocycles. The Morgan fingerprint density at radius 3 is 2.86 bits per heavy atom. The van der Waals surface area contributed by atoms with Crippen LogP contribution in [0, 0.1) is 11.6 Å². The Morgan fingerprint density at radius 1 is 1.32 bits per heavy atom. The Bertz CT molecular complexity index is 879. The van der Waals surface area contributed by atoms with Crippen LogP contribution in [0.15, 0.2) is 18.2 Å². The fourth-order valence-electron chi connectivity index (χ4n) is 3.97. The smallest absolute Gasteiger partial charge is 0.274 e. The van der Waals surface area contributed by atoms with E-state index in [1.165, 1.54) is 12.1 Å². The van der Waals surface area contributed by atoms with Gasteiger partial charge in [0.05, 0.1) is 0 Å². The second-order valence-corrected chi connectivity index (χ2v) is 8.58. The molecule has 2 aliphatic rings. The lowest BCUT2D eigenvalue weighted by atomic mass is 9.91. The number of nitrogens with one attached hydrogen (secondary N) is 1. The van der Waals surface area contributed by atoms with Crippen LogP contribution in [0.3, 0.4) is 0 Å². The van der Waals surface area contributed by atoms with Gasteiger partial charge in [-0.3, -0.25) is 9.48 Å². The maximum absolute atomic E-state index is 13.9. The Balaban J connectivity index is 1.47. The van der Waals surface area contributed by atoms with Crippen LogP contribution >= 0.6 is 11.8 Å². The van der Waals surface area contributed by atoms with Crippen molar-refractivity contribution in [3.63, 3.8) is 0 Å². The van der Waals surface area contributed by atoms with Gasteiger partial charge in [-0.1, -0.05) is 6.07 Å². The van der Waals surface area contributed by atoms with E-state index in [2.05, 4.69) is 10.4 Å². The summed E-state index contributed by atoms with van der Waals surface area (Å²) < 4.78 is 28.8. The summed E-state index contributed by atoms with van der Waals surface area (Å²) in [5.41, 5.74) is 3.12. The lowest BCUT2D eigenvalue weighted by Crippen LogP contribution is -2.39. The fraction of sp³-hybridized carbons (Fsp3) is 0.500.